The van der Waals surface area contributed by atoms with E-state index in [4.69, 9.17) is 14.2 Å². The number of nitrogens with one attached hydrogen (secondary N) is 1. The normalized spacial score (nSPS) is 13.7. The molecule has 11 heteroatoms. The van der Waals surface area contributed by atoms with Crippen molar-refractivity contribution in [3.63, 3.8) is 0 Å². The maximum absolute atomic E-state index is 14.3. The first kappa shape index (κ1) is 30.6. The SMILES string of the molecule is COc1ccc(CN(C(=O)Cn2nnc3ccccc32)C(C(=O)Nc2ccc(N3CCOCC3)cc2)c2cccc(OC)c2)cc1. The number of ether oxygens (including phenoxy) is 3. The third-order valence-electron chi connectivity index (χ3n) is 8.02. The third-order valence-corrected chi connectivity index (χ3v) is 8.02. The van der Waals surface area contributed by atoms with E-state index in [0.717, 1.165) is 29.9 Å². The largest absolute Gasteiger partial charge is 0.497 e. The summed E-state index contributed by atoms with van der Waals surface area (Å²) in [5.41, 5.74) is 4.51. The van der Waals surface area contributed by atoms with Crippen molar-refractivity contribution < 1.29 is 23.8 Å². The van der Waals surface area contributed by atoms with Crippen LogP contribution >= 0.6 is 0 Å². The van der Waals surface area contributed by atoms with Crippen molar-refractivity contribution in [2.24, 2.45) is 0 Å². The molecule has 4 aromatic carbocycles. The lowest BCUT2D eigenvalue weighted by Gasteiger charge is -2.32. The van der Waals surface area contributed by atoms with Gasteiger partial charge in [-0.1, -0.05) is 41.6 Å². The first-order valence-electron chi connectivity index (χ1n) is 15.1. The Morgan fingerprint density at radius 1 is 0.891 bits per heavy atom. The minimum absolute atomic E-state index is 0.112. The molecule has 0 radical (unpaired) electrons. The summed E-state index contributed by atoms with van der Waals surface area (Å²) in [7, 11) is 3.17. The molecule has 1 atom stereocenters. The van der Waals surface area contributed by atoms with Gasteiger partial charge < -0.3 is 29.3 Å². The summed E-state index contributed by atoms with van der Waals surface area (Å²) in [5, 5.41) is 11.5. The maximum Gasteiger partial charge on any atom is 0.251 e. The maximum atomic E-state index is 14.3. The summed E-state index contributed by atoms with van der Waals surface area (Å²) >= 11 is 0. The second kappa shape index (κ2) is 14.1. The second-order valence-corrected chi connectivity index (χ2v) is 10.9. The Kier molecular flexibility index (Phi) is 9.40. The topological polar surface area (TPSA) is 111 Å². The van der Waals surface area contributed by atoms with Crippen LogP contribution in [0.15, 0.2) is 97.1 Å². The first-order valence-corrected chi connectivity index (χ1v) is 15.1. The van der Waals surface area contributed by atoms with E-state index in [0.29, 0.717) is 41.5 Å². The van der Waals surface area contributed by atoms with E-state index in [2.05, 4.69) is 20.5 Å². The van der Waals surface area contributed by atoms with Gasteiger partial charge in [-0.05, 0) is 71.8 Å². The average molecular weight is 621 g/mol. The Morgan fingerprint density at radius 3 is 2.37 bits per heavy atom. The Hall–Kier alpha value is -5.42. The summed E-state index contributed by atoms with van der Waals surface area (Å²) in [6.07, 6.45) is 0. The van der Waals surface area contributed by atoms with E-state index >= 15 is 0 Å². The molecule has 5 aromatic rings. The molecule has 0 saturated carbocycles. The Labute approximate surface area is 267 Å². The number of hydrogen-bond donors (Lipinski definition) is 1. The highest BCUT2D eigenvalue weighted by Crippen LogP contribution is 2.30. The monoisotopic (exact) mass is 620 g/mol. The van der Waals surface area contributed by atoms with Crippen molar-refractivity contribution in [3.05, 3.63) is 108 Å². The van der Waals surface area contributed by atoms with Crippen LogP contribution in [-0.4, -0.2) is 72.2 Å². The number of carbonyl (C=O) groups excluding carboxylic acids is 2. The molecule has 1 fully saturated rings. The van der Waals surface area contributed by atoms with Gasteiger partial charge in [0.15, 0.2) is 0 Å². The van der Waals surface area contributed by atoms with Crippen molar-refractivity contribution in [2.45, 2.75) is 19.1 Å². The molecule has 2 amide bonds. The number of fused-ring (bicyclic) bond motifs is 1. The van der Waals surface area contributed by atoms with E-state index in [1.165, 1.54) is 0 Å². The first-order chi connectivity index (χ1) is 22.5. The van der Waals surface area contributed by atoms with Gasteiger partial charge in [0.1, 0.15) is 29.6 Å². The van der Waals surface area contributed by atoms with Gasteiger partial charge in [0, 0.05) is 31.0 Å². The van der Waals surface area contributed by atoms with Gasteiger partial charge in [0.2, 0.25) is 5.91 Å². The highest BCUT2D eigenvalue weighted by molar-refractivity contribution is 5.98. The van der Waals surface area contributed by atoms with E-state index in [1.54, 1.807) is 35.9 Å². The van der Waals surface area contributed by atoms with Crippen LogP contribution in [0.3, 0.4) is 0 Å². The molecule has 0 aliphatic carbocycles. The summed E-state index contributed by atoms with van der Waals surface area (Å²) in [5.74, 6) is 0.595. The lowest BCUT2D eigenvalue weighted by molar-refractivity contribution is -0.140. The molecule has 1 unspecified atom stereocenters. The number of carbonyl (C=O) groups is 2. The summed E-state index contributed by atoms with van der Waals surface area (Å²) in [4.78, 5) is 32.5. The number of benzene rings is 4. The molecule has 0 spiro atoms. The van der Waals surface area contributed by atoms with Gasteiger partial charge in [-0.3, -0.25) is 9.59 Å². The van der Waals surface area contributed by atoms with Crippen LogP contribution in [0.5, 0.6) is 11.5 Å². The van der Waals surface area contributed by atoms with Gasteiger partial charge in [-0.2, -0.15) is 0 Å². The van der Waals surface area contributed by atoms with Crippen LogP contribution in [-0.2, 0) is 27.4 Å². The zero-order chi connectivity index (χ0) is 31.9. The van der Waals surface area contributed by atoms with Crippen molar-refractivity contribution in [2.75, 3.05) is 50.7 Å². The number of methoxy groups -OCH3 is 2. The second-order valence-electron chi connectivity index (χ2n) is 10.9. The van der Waals surface area contributed by atoms with Crippen molar-refractivity contribution >= 4 is 34.2 Å². The van der Waals surface area contributed by atoms with E-state index in [9.17, 15) is 9.59 Å². The molecule has 11 nitrogen and oxygen atoms in total. The number of para-hydroxylation sites is 1. The van der Waals surface area contributed by atoms with Gasteiger partial charge in [0.25, 0.3) is 5.91 Å². The fourth-order valence-corrected chi connectivity index (χ4v) is 5.58. The summed E-state index contributed by atoms with van der Waals surface area (Å²) < 4.78 is 17.9. The lowest BCUT2D eigenvalue weighted by Crippen LogP contribution is -2.42. The minimum atomic E-state index is -1.00. The van der Waals surface area contributed by atoms with Gasteiger partial charge >= 0.3 is 0 Å². The van der Waals surface area contributed by atoms with Crippen LogP contribution in [0.25, 0.3) is 11.0 Å². The van der Waals surface area contributed by atoms with Crippen molar-refractivity contribution in [1.29, 1.82) is 0 Å². The van der Waals surface area contributed by atoms with E-state index in [1.807, 2.05) is 84.9 Å². The Bertz CT molecular complexity index is 1780. The number of hydrogen-bond acceptors (Lipinski definition) is 8. The number of morpholine rings is 1. The van der Waals surface area contributed by atoms with Gasteiger partial charge in [-0.25, -0.2) is 4.68 Å². The molecular formula is C35H36N6O5. The standard InChI is InChI=1S/C35H36N6O5/c1-44-29-16-10-25(11-17-29)23-40(33(42)24-41-32-9-4-3-8-31(32)37-38-41)34(26-6-5-7-30(22-26)45-2)35(43)36-27-12-14-28(15-13-27)39-18-20-46-21-19-39/h3-17,22,34H,18-21,23-24H2,1-2H3,(H,36,43). The molecule has 1 aliphatic rings. The number of anilines is 2. The molecule has 1 N–H and O–H groups in total. The molecule has 1 aromatic heterocycles. The fraction of sp³-hybridized carbons (Fsp3) is 0.257. The minimum Gasteiger partial charge on any atom is -0.497 e. The van der Waals surface area contributed by atoms with Crippen molar-refractivity contribution in [1.82, 2.24) is 19.9 Å². The summed E-state index contributed by atoms with van der Waals surface area (Å²) in [6.45, 7) is 3.03. The van der Waals surface area contributed by atoms with E-state index < -0.39 is 6.04 Å². The van der Waals surface area contributed by atoms with Crippen LogP contribution < -0.4 is 19.7 Å². The molecule has 2 heterocycles. The smallest absolute Gasteiger partial charge is 0.251 e. The van der Waals surface area contributed by atoms with Crippen LogP contribution in [0.4, 0.5) is 11.4 Å². The predicted molar refractivity (Wildman–Crippen MR) is 175 cm³/mol. The fourth-order valence-electron chi connectivity index (χ4n) is 5.58. The Balaban J connectivity index is 1.35. The molecule has 46 heavy (non-hydrogen) atoms. The van der Waals surface area contributed by atoms with E-state index in [-0.39, 0.29) is 24.9 Å². The number of nitrogens with zero attached hydrogens (tertiary/aromatic N) is 5. The quantitative estimate of drug-likeness (QED) is 0.226. The number of amides is 2. The zero-order valence-electron chi connectivity index (χ0n) is 25.8. The zero-order valence-corrected chi connectivity index (χ0v) is 25.8. The number of aromatic nitrogens is 3. The summed E-state index contributed by atoms with van der Waals surface area (Å²) in [6, 6.07) is 28.8. The molecular weight excluding hydrogens is 584 g/mol. The predicted octanol–water partition coefficient (Wildman–Crippen LogP) is 4.69. The van der Waals surface area contributed by atoms with Gasteiger partial charge in [-0.15, -0.1) is 5.10 Å². The average Bonchev–Trinajstić information content (AvgIpc) is 3.51. The Morgan fingerprint density at radius 2 is 1.63 bits per heavy atom. The third kappa shape index (κ3) is 6.94. The highest BCUT2D eigenvalue weighted by Gasteiger charge is 2.33. The molecule has 6 rings (SSSR count). The molecule has 1 aliphatic heterocycles. The molecule has 236 valence electrons. The number of rotatable bonds is 11. The highest BCUT2D eigenvalue weighted by atomic mass is 16.5. The van der Waals surface area contributed by atoms with Gasteiger partial charge in [0.05, 0.1) is 33.0 Å². The van der Waals surface area contributed by atoms with Crippen LogP contribution in [0.1, 0.15) is 17.2 Å². The van der Waals surface area contributed by atoms with Crippen molar-refractivity contribution in [3.8, 4) is 11.5 Å². The molecule has 0 bridgehead atoms. The van der Waals surface area contributed by atoms with Crippen LogP contribution in [0.2, 0.25) is 0 Å². The van der Waals surface area contributed by atoms with Crippen LogP contribution in [0, 0.1) is 0 Å². The molecule has 1 saturated heterocycles. The lowest BCUT2D eigenvalue weighted by atomic mass is 10.0.